The fourth-order valence-corrected chi connectivity index (χ4v) is 2.58. The van der Waals surface area contributed by atoms with E-state index in [2.05, 4.69) is 24.8 Å². The molecule has 0 unspecified atom stereocenters. The molecule has 0 saturated carbocycles. The Hall–Kier alpha value is -2.70. The molecule has 13 heteroatoms. The van der Waals surface area contributed by atoms with Crippen LogP contribution in [0, 0.1) is 0 Å². The molecule has 6 nitrogen and oxygen atoms in total. The molecule has 1 N–H and O–H groups in total. The third-order valence-corrected chi connectivity index (χ3v) is 3.57. The predicted molar refractivity (Wildman–Crippen MR) is 79.7 cm³/mol. The van der Waals surface area contributed by atoms with Gasteiger partial charge in [-0.2, -0.15) is 40.8 Å². The lowest BCUT2D eigenvalue weighted by molar-refractivity contribution is -0.148. The molecule has 0 bridgehead atoms. The molecule has 0 fully saturated rings. The summed E-state index contributed by atoms with van der Waals surface area (Å²) in [5, 5.41) is 5.88. The van der Waals surface area contributed by atoms with Crippen LogP contribution < -0.4 is 5.32 Å². The van der Waals surface area contributed by atoms with Crippen LogP contribution in [0.1, 0.15) is 5.69 Å². The van der Waals surface area contributed by atoms with Crippen molar-refractivity contribution in [2.75, 3.05) is 5.32 Å². The number of nitrogens with one attached hydrogen (secondary N) is 1. The lowest BCUT2D eigenvalue weighted by atomic mass is 10.2. The Labute approximate surface area is 145 Å². The minimum atomic E-state index is -4.95. The number of anilines is 2. The summed E-state index contributed by atoms with van der Waals surface area (Å²) in [5.41, 5.74) is -2.11. The Bertz CT molecular complexity index is 885. The van der Waals surface area contributed by atoms with E-state index in [4.69, 9.17) is 0 Å². The summed E-state index contributed by atoms with van der Waals surface area (Å²) < 4.78 is 80.6. The lowest BCUT2D eigenvalue weighted by Crippen LogP contribution is -2.18. The third-order valence-electron chi connectivity index (χ3n) is 2.94. The van der Waals surface area contributed by atoms with E-state index in [1.54, 1.807) is 18.2 Å². The van der Waals surface area contributed by atoms with Gasteiger partial charge in [0.1, 0.15) is 12.4 Å². The van der Waals surface area contributed by atoms with Gasteiger partial charge in [0.2, 0.25) is 5.13 Å². The maximum absolute atomic E-state index is 13.1. The number of hydrogen-bond acceptors (Lipinski definition) is 6. The van der Waals surface area contributed by atoms with Crippen molar-refractivity contribution in [3.05, 3.63) is 36.3 Å². The Morgan fingerprint density at radius 3 is 2.50 bits per heavy atom. The van der Waals surface area contributed by atoms with Crippen LogP contribution >= 0.6 is 11.5 Å². The standard InChI is InChI=1S/C13H8F6N6S/c14-12(15,16)6-25-5-7(9(23-25)13(17,18)19)10-22-11(26-24-10)21-8-3-1-2-4-20-8/h1-5H,6H2,(H,20,21,22,24). The number of alkyl halides is 6. The van der Waals surface area contributed by atoms with E-state index in [-0.39, 0.29) is 15.6 Å². The summed E-state index contributed by atoms with van der Waals surface area (Å²) in [6, 6.07) is 4.95. The maximum Gasteiger partial charge on any atom is 0.435 e. The monoisotopic (exact) mass is 394 g/mol. The molecule has 0 aromatic carbocycles. The van der Waals surface area contributed by atoms with Gasteiger partial charge < -0.3 is 5.32 Å². The molecular weight excluding hydrogens is 386 g/mol. The maximum atomic E-state index is 13.1. The number of hydrogen-bond donors (Lipinski definition) is 1. The van der Waals surface area contributed by atoms with Gasteiger partial charge in [0.15, 0.2) is 11.5 Å². The number of aromatic nitrogens is 5. The van der Waals surface area contributed by atoms with Gasteiger partial charge in [-0.3, -0.25) is 4.68 Å². The zero-order chi connectivity index (χ0) is 18.9. The molecule has 26 heavy (non-hydrogen) atoms. The Morgan fingerprint density at radius 2 is 1.88 bits per heavy atom. The van der Waals surface area contributed by atoms with Crippen molar-refractivity contribution in [1.82, 2.24) is 24.1 Å². The number of pyridine rings is 1. The summed E-state index contributed by atoms with van der Waals surface area (Å²) in [5.74, 6) is 0.00759. The first-order chi connectivity index (χ1) is 12.1. The molecule has 0 aliphatic carbocycles. The highest BCUT2D eigenvalue weighted by molar-refractivity contribution is 7.09. The molecule has 0 aliphatic heterocycles. The van der Waals surface area contributed by atoms with Crippen LogP contribution in [0.3, 0.4) is 0 Å². The summed E-state index contributed by atoms with van der Waals surface area (Å²) in [6.07, 6.45) is -7.55. The average molecular weight is 394 g/mol. The fourth-order valence-electron chi connectivity index (χ4n) is 1.99. The molecule has 3 rings (SSSR count). The van der Waals surface area contributed by atoms with E-state index in [9.17, 15) is 26.3 Å². The topological polar surface area (TPSA) is 68.5 Å². The first-order valence-corrected chi connectivity index (χ1v) is 7.63. The molecule has 0 radical (unpaired) electrons. The minimum absolute atomic E-state index is 0.135. The first-order valence-electron chi connectivity index (χ1n) is 6.85. The van der Waals surface area contributed by atoms with E-state index in [1.807, 2.05) is 0 Å². The molecular formula is C13H8F6N6S. The predicted octanol–water partition coefficient (Wildman–Crippen LogP) is 4.12. The van der Waals surface area contributed by atoms with Crippen LogP contribution in [0.2, 0.25) is 0 Å². The number of rotatable bonds is 4. The highest BCUT2D eigenvalue weighted by Gasteiger charge is 2.40. The van der Waals surface area contributed by atoms with Gasteiger partial charge in [-0.15, -0.1) is 0 Å². The molecule has 0 aliphatic rings. The van der Waals surface area contributed by atoms with Gasteiger partial charge in [0, 0.05) is 23.9 Å². The zero-order valence-electron chi connectivity index (χ0n) is 12.5. The van der Waals surface area contributed by atoms with Crippen LogP contribution in [0.4, 0.5) is 37.3 Å². The summed E-state index contributed by atoms with van der Waals surface area (Å²) in [4.78, 5) is 7.85. The van der Waals surface area contributed by atoms with Crippen molar-refractivity contribution in [2.45, 2.75) is 18.9 Å². The second-order valence-corrected chi connectivity index (χ2v) is 5.72. The summed E-state index contributed by atoms with van der Waals surface area (Å²) >= 11 is 0.742. The van der Waals surface area contributed by atoms with E-state index in [1.165, 1.54) is 6.20 Å². The third kappa shape index (κ3) is 4.28. The smallest absolute Gasteiger partial charge is 0.315 e. The van der Waals surface area contributed by atoms with Crippen molar-refractivity contribution >= 4 is 22.5 Å². The van der Waals surface area contributed by atoms with Gasteiger partial charge >= 0.3 is 12.4 Å². The van der Waals surface area contributed by atoms with Crippen molar-refractivity contribution in [3.63, 3.8) is 0 Å². The van der Waals surface area contributed by atoms with Gasteiger partial charge in [0.25, 0.3) is 0 Å². The van der Waals surface area contributed by atoms with Crippen molar-refractivity contribution in [1.29, 1.82) is 0 Å². The molecule has 0 amide bonds. The lowest BCUT2D eigenvalue weighted by Gasteiger charge is -2.06. The van der Waals surface area contributed by atoms with Gasteiger partial charge in [0.05, 0.1) is 5.56 Å². The minimum Gasteiger partial charge on any atom is -0.315 e. The molecule has 138 valence electrons. The second-order valence-electron chi connectivity index (χ2n) is 4.97. The van der Waals surface area contributed by atoms with Gasteiger partial charge in [-0.1, -0.05) is 6.07 Å². The Balaban J connectivity index is 1.93. The molecule has 3 heterocycles. The molecule has 0 spiro atoms. The largest absolute Gasteiger partial charge is 0.435 e. The van der Waals surface area contributed by atoms with Crippen molar-refractivity contribution in [2.24, 2.45) is 0 Å². The van der Waals surface area contributed by atoms with Gasteiger partial charge in [-0.25, -0.2) is 4.98 Å². The van der Waals surface area contributed by atoms with Crippen LogP contribution in [-0.2, 0) is 12.7 Å². The molecule has 0 atom stereocenters. The number of nitrogens with zero attached hydrogens (tertiary/aromatic N) is 5. The molecule has 3 aromatic heterocycles. The van der Waals surface area contributed by atoms with E-state index < -0.39 is 30.2 Å². The SMILES string of the molecule is FC(F)(F)Cn1cc(-c2nsc(Nc3ccccn3)n2)c(C(F)(F)F)n1. The first kappa shape index (κ1) is 18.1. The summed E-state index contributed by atoms with van der Waals surface area (Å²) in [7, 11) is 0. The highest BCUT2D eigenvalue weighted by atomic mass is 32.1. The van der Waals surface area contributed by atoms with Gasteiger partial charge in [-0.05, 0) is 12.1 Å². The van der Waals surface area contributed by atoms with Crippen LogP contribution in [0.25, 0.3) is 11.4 Å². The van der Waals surface area contributed by atoms with Crippen molar-refractivity contribution in [3.8, 4) is 11.4 Å². The zero-order valence-corrected chi connectivity index (χ0v) is 13.3. The molecule has 0 saturated heterocycles. The van der Waals surface area contributed by atoms with E-state index >= 15 is 0 Å². The van der Waals surface area contributed by atoms with Crippen LogP contribution in [0.5, 0.6) is 0 Å². The summed E-state index contributed by atoms with van der Waals surface area (Å²) in [6.45, 7) is -1.65. The van der Waals surface area contributed by atoms with Crippen LogP contribution in [-0.4, -0.2) is 30.3 Å². The normalized spacial score (nSPS) is 12.4. The number of halogens is 6. The van der Waals surface area contributed by atoms with E-state index in [0.717, 1.165) is 11.5 Å². The second kappa shape index (κ2) is 6.55. The fraction of sp³-hybridized carbons (Fsp3) is 0.231. The van der Waals surface area contributed by atoms with Crippen molar-refractivity contribution < 1.29 is 26.3 Å². The molecule has 3 aromatic rings. The quantitative estimate of drug-likeness (QED) is 0.675. The Kier molecular flexibility index (Phi) is 4.56. The highest BCUT2D eigenvalue weighted by Crippen LogP contribution is 2.36. The Morgan fingerprint density at radius 1 is 1.12 bits per heavy atom. The average Bonchev–Trinajstić information content (AvgIpc) is 3.13. The van der Waals surface area contributed by atoms with E-state index in [0.29, 0.717) is 12.0 Å². The van der Waals surface area contributed by atoms with Crippen LogP contribution in [0.15, 0.2) is 30.6 Å².